The van der Waals surface area contributed by atoms with Crippen molar-refractivity contribution in [2.45, 2.75) is 19.4 Å². The first-order valence-electron chi connectivity index (χ1n) is 8.69. The van der Waals surface area contributed by atoms with E-state index in [-0.39, 0.29) is 0 Å². The first-order valence-corrected chi connectivity index (χ1v) is 9.07. The minimum absolute atomic E-state index is 0.300. The van der Waals surface area contributed by atoms with E-state index in [1.165, 1.54) is 12.8 Å². The summed E-state index contributed by atoms with van der Waals surface area (Å²) in [7, 11) is 0. The predicted molar refractivity (Wildman–Crippen MR) is 102 cm³/mol. The first-order chi connectivity index (χ1) is 12.6. The number of benzene rings is 2. The van der Waals surface area contributed by atoms with Crippen LogP contribution >= 0.6 is 11.6 Å². The van der Waals surface area contributed by atoms with Gasteiger partial charge < -0.3 is 10.3 Å². The number of halogens is 1. The number of phenols is 1. The van der Waals surface area contributed by atoms with Crippen molar-refractivity contribution in [3.63, 3.8) is 0 Å². The molecule has 26 heavy (non-hydrogen) atoms. The maximum atomic E-state index is 10.2. The zero-order chi connectivity index (χ0) is 18.1. The Morgan fingerprint density at radius 2 is 1.85 bits per heavy atom. The van der Waals surface area contributed by atoms with Gasteiger partial charge in [0.05, 0.1) is 16.6 Å². The van der Waals surface area contributed by atoms with E-state index in [4.69, 9.17) is 16.6 Å². The summed E-state index contributed by atoms with van der Waals surface area (Å²) in [6, 6.07) is 12.5. The SMILES string of the molecule is Oc1ccc(N=c2ccn(O)c3cc(Cl)ccc23)cc1CN1CCCC1. The molecule has 5 nitrogen and oxygen atoms in total. The van der Waals surface area contributed by atoms with Gasteiger partial charge in [0.2, 0.25) is 0 Å². The van der Waals surface area contributed by atoms with Crippen molar-refractivity contribution in [3.8, 4) is 5.75 Å². The highest BCUT2D eigenvalue weighted by molar-refractivity contribution is 6.31. The van der Waals surface area contributed by atoms with Gasteiger partial charge >= 0.3 is 0 Å². The fraction of sp³-hybridized carbons (Fsp3) is 0.250. The molecule has 1 aromatic heterocycles. The molecular formula is C20H20ClN3O2. The van der Waals surface area contributed by atoms with Crippen molar-refractivity contribution >= 4 is 28.2 Å². The van der Waals surface area contributed by atoms with Crippen LogP contribution in [-0.2, 0) is 6.54 Å². The lowest BCUT2D eigenvalue weighted by Gasteiger charge is -2.15. The second-order valence-corrected chi connectivity index (χ2v) is 7.05. The molecule has 1 aliphatic heterocycles. The van der Waals surface area contributed by atoms with Crippen molar-refractivity contribution < 1.29 is 10.3 Å². The smallest absolute Gasteiger partial charge is 0.120 e. The van der Waals surface area contributed by atoms with E-state index in [0.29, 0.717) is 16.3 Å². The Morgan fingerprint density at radius 3 is 2.65 bits per heavy atom. The second-order valence-electron chi connectivity index (χ2n) is 6.62. The molecule has 0 saturated carbocycles. The maximum absolute atomic E-state index is 10.2. The fourth-order valence-corrected chi connectivity index (χ4v) is 3.57. The van der Waals surface area contributed by atoms with E-state index in [2.05, 4.69) is 4.90 Å². The van der Waals surface area contributed by atoms with Gasteiger partial charge in [-0.25, -0.2) is 4.99 Å². The van der Waals surface area contributed by atoms with Crippen LogP contribution in [-0.4, -0.2) is 33.0 Å². The fourth-order valence-electron chi connectivity index (χ4n) is 3.41. The second kappa shape index (κ2) is 7.02. The number of hydrogen-bond donors (Lipinski definition) is 2. The van der Waals surface area contributed by atoms with E-state index in [0.717, 1.165) is 46.4 Å². The summed E-state index contributed by atoms with van der Waals surface area (Å²) in [4.78, 5) is 7.06. The molecule has 6 heteroatoms. The van der Waals surface area contributed by atoms with E-state index in [1.807, 2.05) is 12.1 Å². The number of aromatic hydroxyl groups is 1. The molecule has 1 aliphatic rings. The van der Waals surface area contributed by atoms with Crippen molar-refractivity contribution in [1.29, 1.82) is 0 Å². The van der Waals surface area contributed by atoms with Crippen LogP contribution in [0.25, 0.3) is 10.9 Å². The Labute approximate surface area is 156 Å². The number of aromatic nitrogens is 1. The van der Waals surface area contributed by atoms with Gasteiger partial charge in [-0.05, 0) is 68.4 Å². The lowest BCUT2D eigenvalue weighted by molar-refractivity contribution is 0.198. The zero-order valence-corrected chi connectivity index (χ0v) is 15.0. The molecule has 0 radical (unpaired) electrons. The molecule has 3 aromatic rings. The summed E-state index contributed by atoms with van der Waals surface area (Å²) in [5.74, 6) is 0.300. The highest BCUT2D eigenvalue weighted by Gasteiger charge is 2.14. The summed E-state index contributed by atoms with van der Waals surface area (Å²) in [5.41, 5.74) is 2.24. The normalized spacial score (nSPS) is 15.8. The zero-order valence-electron chi connectivity index (χ0n) is 14.3. The molecule has 0 atom stereocenters. The van der Waals surface area contributed by atoms with Crippen molar-refractivity contribution in [3.05, 3.63) is 64.6 Å². The van der Waals surface area contributed by atoms with Crippen LogP contribution in [0.2, 0.25) is 5.02 Å². The number of pyridine rings is 1. The van der Waals surface area contributed by atoms with Crippen molar-refractivity contribution in [1.82, 2.24) is 9.63 Å². The van der Waals surface area contributed by atoms with Crippen LogP contribution in [0.15, 0.2) is 53.7 Å². The largest absolute Gasteiger partial charge is 0.508 e. The predicted octanol–water partition coefficient (Wildman–Crippen LogP) is 4.07. The number of fused-ring (bicyclic) bond motifs is 1. The van der Waals surface area contributed by atoms with Crippen LogP contribution in [0.3, 0.4) is 0 Å². The van der Waals surface area contributed by atoms with Gasteiger partial charge in [0.25, 0.3) is 0 Å². The van der Waals surface area contributed by atoms with Gasteiger partial charge in [0.15, 0.2) is 0 Å². The minimum Gasteiger partial charge on any atom is -0.508 e. The van der Waals surface area contributed by atoms with E-state index >= 15 is 0 Å². The summed E-state index contributed by atoms with van der Waals surface area (Å²) in [5, 5.41) is 22.3. The Balaban J connectivity index is 1.76. The number of phenolic OH excluding ortho intramolecular Hbond substituents is 1. The van der Waals surface area contributed by atoms with Gasteiger partial charge in [0, 0.05) is 28.7 Å². The average molecular weight is 370 g/mol. The quantitative estimate of drug-likeness (QED) is 0.684. The highest BCUT2D eigenvalue weighted by Crippen LogP contribution is 2.26. The highest BCUT2D eigenvalue weighted by atomic mass is 35.5. The van der Waals surface area contributed by atoms with Gasteiger partial charge in [0.1, 0.15) is 5.75 Å². The third kappa shape index (κ3) is 3.41. The molecule has 2 aromatic carbocycles. The molecule has 0 bridgehead atoms. The van der Waals surface area contributed by atoms with Crippen LogP contribution < -0.4 is 5.36 Å². The van der Waals surface area contributed by atoms with Gasteiger partial charge in [-0.15, -0.1) is 0 Å². The maximum Gasteiger partial charge on any atom is 0.120 e. The number of likely N-dealkylation sites (tertiary alicyclic amines) is 1. The summed E-state index contributed by atoms with van der Waals surface area (Å²) >= 11 is 6.03. The Morgan fingerprint density at radius 1 is 1.04 bits per heavy atom. The number of nitrogens with zero attached hydrogens (tertiary/aromatic N) is 3. The van der Waals surface area contributed by atoms with Gasteiger partial charge in [-0.2, -0.15) is 4.73 Å². The average Bonchev–Trinajstić information content (AvgIpc) is 3.13. The van der Waals surface area contributed by atoms with Crippen LogP contribution in [0, 0.1) is 0 Å². The summed E-state index contributed by atoms with van der Waals surface area (Å²) < 4.78 is 1.04. The Hall–Kier alpha value is -2.50. The third-order valence-electron chi connectivity index (χ3n) is 4.76. The molecule has 0 spiro atoms. The molecule has 2 N–H and O–H groups in total. The summed E-state index contributed by atoms with van der Waals surface area (Å²) in [6.45, 7) is 2.87. The lowest BCUT2D eigenvalue weighted by Crippen LogP contribution is -2.18. The molecular weight excluding hydrogens is 350 g/mol. The van der Waals surface area contributed by atoms with E-state index in [9.17, 15) is 10.3 Å². The van der Waals surface area contributed by atoms with Crippen LogP contribution in [0.5, 0.6) is 5.75 Å². The first kappa shape index (κ1) is 16.9. The minimum atomic E-state index is 0.300. The lowest BCUT2D eigenvalue weighted by atomic mass is 10.1. The molecule has 4 rings (SSSR count). The number of rotatable bonds is 3. The van der Waals surface area contributed by atoms with E-state index in [1.54, 1.807) is 36.5 Å². The monoisotopic (exact) mass is 369 g/mol. The Kier molecular flexibility index (Phi) is 4.57. The number of hydrogen-bond acceptors (Lipinski definition) is 4. The molecule has 0 amide bonds. The molecule has 0 aliphatic carbocycles. The Bertz CT molecular complexity index is 1020. The standard InChI is InChI=1S/C20H20ClN3O2/c21-15-3-5-17-18(7-10-24(26)19(17)12-15)22-16-4-6-20(25)14(11-16)13-23-8-1-2-9-23/h3-7,10-12,25-26H,1-2,8-9,13H2. The molecule has 2 heterocycles. The summed E-state index contributed by atoms with van der Waals surface area (Å²) in [6.07, 6.45) is 3.97. The van der Waals surface area contributed by atoms with Crippen molar-refractivity contribution in [2.75, 3.05) is 13.1 Å². The molecule has 1 fully saturated rings. The third-order valence-corrected chi connectivity index (χ3v) is 5.00. The molecule has 134 valence electrons. The van der Waals surface area contributed by atoms with Crippen LogP contribution in [0.1, 0.15) is 18.4 Å². The van der Waals surface area contributed by atoms with Crippen LogP contribution in [0.4, 0.5) is 5.69 Å². The van der Waals surface area contributed by atoms with Gasteiger partial charge in [-0.3, -0.25) is 4.90 Å². The topological polar surface area (TPSA) is 61.0 Å². The molecule has 1 saturated heterocycles. The van der Waals surface area contributed by atoms with Crippen molar-refractivity contribution in [2.24, 2.45) is 4.99 Å². The molecule has 0 unspecified atom stereocenters. The van der Waals surface area contributed by atoms with Gasteiger partial charge in [-0.1, -0.05) is 11.6 Å². The van der Waals surface area contributed by atoms with E-state index < -0.39 is 0 Å².